The van der Waals surface area contributed by atoms with Crippen molar-refractivity contribution < 1.29 is 28.3 Å². The Labute approximate surface area is 207 Å². The number of ether oxygens (including phenoxy) is 2. The topological polar surface area (TPSA) is 111 Å². The fourth-order valence-electron chi connectivity index (χ4n) is 3.35. The molecule has 2 amide bonds. The number of nitrogens with one attached hydrogen (secondary N) is 1. The second-order valence-corrected chi connectivity index (χ2v) is 8.79. The Morgan fingerprint density at radius 1 is 1.23 bits per heavy atom. The molecular weight excluding hydrogens is 474 g/mol. The lowest BCUT2D eigenvalue weighted by molar-refractivity contribution is -0.121. The molecule has 182 valence electrons. The molecule has 0 fully saturated rings. The van der Waals surface area contributed by atoms with Crippen LogP contribution in [0, 0.1) is 5.92 Å². The molecule has 4 rings (SSSR count). The zero-order chi connectivity index (χ0) is 24.9. The number of fused-ring (bicyclic) bond motifs is 1. The Morgan fingerprint density at radius 2 is 2.06 bits per heavy atom. The molecule has 0 spiro atoms. The summed E-state index contributed by atoms with van der Waals surface area (Å²) < 4.78 is 16.5. The van der Waals surface area contributed by atoms with Gasteiger partial charge in [0.2, 0.25) is 5.89 Å². The van der Waals surface area contributed by atoms with Gasteiger partial charge in [-0.25, -0.2) is 4.98 Å². The van der Waals surface area contributed by atoms with Gasteiger partial charge in [-0.05, 0) is 42.3 Å². The first-order valence-electron chi connectivity index (χ1n) is 11.0. The van der Waals surface area contributed by atoms with Crippen molar-refractivity contribution in [3.63, 3.8) is 0 Å². The average molecular weight is 498 g/mol. The fraction of sp³-hybridized carbons (Fsp3) is 0.280. The SMILES string of the molecule is CC(C)CNC(=O)c1coc(CN2C(=O)COc3ccc(C(=O)COc4cccc(Cl)c4)cc32)n1. The molecule has 2 heterocycles. The molecule has 0 saturated carbocycles. The molecule has 0 bridgehead atoms. The first-order valence-corrected chi connectivity index (χ1v) is 11.4. The highest BCUT2D eigenvalue weighted by Gasteiger charge is 2.28. The van der Waals surface area contributed by atoms with Gasteiger partial charge < -0.3 is 19.2 Å². The Kier molecular flexibility index (Phi) is 7.36. The summed E-state index contributed by atoms with van der Waals surface area (Å²) in [5, 5.41) is 3.27. The van der Waals surface area contributed by atoms with Gasteiger partial charge in [0.25, 0.3) is 11.8 Å². The van der Waals surface area contributed by atoms with Gasteiger partial charge in [-0.1, -0.05) is 31.5 Å². The van der Waals surface area contributed by atoms with Crippen molar-refractivity contribution >= 4 is 34.9 Å². The van der Waals surface area contributed by atoms with Crippen LogP contribution in [0.25, 0.3) is 0 Å². The van der Waals surface area contributed by atoms with Crippen LogP contribution in [0.3, 0.4) is 0 Å². The van der Waals surface area contributed by atoms with Gasteiger partial charge in [0.05, 0.1) is 5.69 Å². The average Bonchev–Trinajstić information content (AvgIpc) is 3.31. The van der Waals surface area contributed by atoms with Gasteiger partial charge in [0.15, 0.2) is 24.7 Å². The number of oxazole rings is 1. The predicted octanol–water partition coefficient (Wildman–Crippen LogP) is 3.90. The zero-order valence-electron chi connectivity index (χ0n) is 19.2. The molecule has 1 aliphatic heterocycles. The maximum Gasteiger partial charge on any atom is 0.273 e. The Morgan fingerprint density at radius 3 is 2.83 bits per heavy atom. The summed E-state index contributed by atoms with van der Waals surface area (Å²) in [6.45, 7) is 4.08. The number of hydrogen-bond donors (Lipinski definition) is 1. The van der Waals surface area contributed by atoms with E-state index in [4.69, 9.17) is 25.5 Å². The second-order valence-electron chi connectivity index (χ2n) is 8.35. The molecule has 10 heteroatoms. The maximum atomic E-state index is 12.7. The van der Waals surface area contributed by atoms with Gasteiger partial charge >= 0.3 is 0 Å². The number of hydrogen-bond acceptors (Lipinski definition) is 7. The van der Waals surface area contributed by atoms with Crippen LogP contribution >= 0.6 is 11.6 Å². The summed E-state index contributed by atoms with van der Waals surface area (Å²) in [5.41, 5.74) is 0.873. The smallest absolute Gasteiger partial charge is 0.273 e. The van der Waals surface area contributed by atoms with Crippen LogP contribution in [0.2, 0.25) is 5.02 Å². The number of benzene rings is 2. The van der Waals surface area contributed by atoms with E-state index in [9.17, 15) is 14.4 Å². The molecule has 9 nitrogen and oxygen atoms in total. The fourth-order valence-corrected chi connectivity index (χ4v) is 3.53. The van der Waals surface area contributed by atoms with Crippen LogP contribution in [-0.4, -0.2) is 42.3 Å². The third-order valence-corrected chi connectivity index (χ3v) is 5.37. The number of carbonyl (C=O) groups is 3. The highest BCUT2D eigenvalue weighted by atomic mass is 35.5. The van der Waals surface area contributed by atoms with Crippen molar-refractivity contribution in [2.45, 2.75) is 20.4 Å². The van der Waals surface area contributed by atoms with Crippen LogP contribution < -0.4 is 19.7 Å². The molecule has 2 aromatic carbocycles. The number of aromatic nitrogens is 1. The number of amides is 2. The lowest BCUT2D eigenvalue weighted by Crippen LogP contribution is -2.38. The van der Waals surface area contributed by atoms with Crippen LogP contribution in [0.1, 0.15) is 40.6 Å². The lowest BCUT2D eigenvalue weighted by atomic mass is 10.1. The number of halogens is 1. The first-order chi connectivity index (χ1) is 16.8. The highest BCUT2D eigenvalue weighted by Crippen LogP contribution is 2.34. The molecule has 0 saturated heterocycles. The lowest BCUT2D eigenvalue weighted by Gasteiger charge is -2.28. The number of nitrogens with zero attached hydrogens (tertiary/aromatic N) is 2. The number of anilines is 1. The quantitative estimate of drug-likeness (QED) is 0.446. The summed E-state index contributed by atoms with van der Waals surface area (Å²) >= 11 is 5.95. The van der Waals surface area contributed by atoms with E-state index in [-0.39, 0.29) is 48.9 Å². The molecule has 1 aromatic heterocycles. The van der Waals surface area contributed by atoms with Crippen LogP contribution in [0.5, 0.6) is 11.5 Å². The van der Waals surface area contributed by atoms with E-state index in [2.05, 4.69) is 10.3 Å². The van der Waals surface area contributed by atoms with E-state index in [1.54, 1.807) is 42.5 Å². The van der Waals surface area contributed by atoms with E-state index < -0.39 is 0 Å². The first kappa shape index (κ1) is 24.3. The highest BCUT2D eigenvalue weighted by molar-refractivity contribution is 6.30. The third-order valence-electron chi connectivity index (χ3n) is 5.14. The van der Waals surface area contributed by atoms with Gasteiger partial charge in [-0.15, -0.1) is 0 Å². The van der Waals surface area contributed by atoms with Crippen LogP contribution in [0.4, 0.5) is 5.69 Å². The summed E-state index contributed by atoms with van der Waals surface area (Å²) in [7, 11) is 0. The van der Waals surface area contributed by atoms with Gasteiger partial charge in [0, 0.05) is 17.1 Å². The van der Waals surface area contributed by atoms with Crippen molar-refractivity contribution in [2.75, 3.05) is 24.7 Å². The van der Waals surface area contributed by atoms with E-state index >= 15 is 0 Å². The summed E-state index contributed by atoms with van der Waals surface area (Å²) in [6, 6.07) is 11.6. The van der Waals surface area contributed by atoms with Crippen molar-refractivity contribution in [1.82, 2.24) is 10.3 Å². The second kappa shape index (κ2) is 10.6. The summed E-state index contributed by atoms with van der Waals surface area (Å²) in [4.78, 5) is 43.2. The number of Topliss-reactive ketones (excluding diaryl/α,β-unsaturated/α-hetero) is 1. The Hall–Kier alpha value is -3.85. The normalized spacial score (nSPS) is 12.8. The van der Waals surface area contributed by atoms with Gasteiger partial charge in [-0.2, -0.15) is 0 Å². The van der Waals surface area contributed by atoms with Crippen molar-refractivity contribution in [3.05, 3.63) is 70.9 Å². The Bertz CT molecular complexity index is 1260. The third kappa shape index (κ3) is 5.99. The maximum absolute atomic E-state index is 12.7. The van der Waals surface area contributed by atoms with Gasteiger partial charge in [-0.3, -0.25) is 19.3 Å². The van der Waals surface area contributed by atoms with Crippen molar-refractivity contribution in [2.24, 2.45) is 5.92 Å². The van der Waals surface area contributed by atoms with Gasteiger partial charge in [0.1, 0.15) is 24.3 Å². The molecule has 0 atom stereocenters. The number of carbonyl (C=O) groups excluding carboxylic acids is 3. The standard InChI is InChI=1S/C25H24ClN3O6/c1-15(2)10-27-25(32)19-12-35-23(28-19)11-29-20-8-16(6-7-22(20)34-14-24(29)31)21(30)13-33-18-5-3-4-17(26)9-18/h3-9,12,15H,10-11,13-14H2,1-2H3,(H,27,32). The molecule has 3 aromatic rings. The minimum absolute atomic E-state index is 0.0245. The largest absolute Gasteiger partial charge is 0.485 e. The molecular formula is C25H24ClN3O6. The van der Waals surface area contributed by atoms with E-state index in [0.29, 0.717) is 40.2 Å². The summed E-state index contributed by atoms with van der Waals surface area (Å²) in [5.74, 6) is 0.421. The van der Waals surface area contributed by atoms with Crippen LogP contribution in [-0.2, 0) is 11.3 Å². The number of rotatable bonds is 9. The zero-order valence-corrected chi connectivity index (χ0v) is 20.0. The molecule has 0 aliphatic carbocycles. The Balaban J connectivity index is 1.48. The monoisotopic (exact) mass is 497 g/mol. The molecule has 0 unspecified atom stereocenters. The van der Waals surface area contributed by atoms with E-state index in [1.165, 1.54) is 11.2 Å². The summed E-state index contributed by atoms with van der Waals surface area (Å²) in [6.07, 6.45) is 1.25. The van der Waals surface area contributed by atoms with Crippen molar-refractivity contribution in [1.29, 1.82) is 0 Å². The predicted molar refractivity (Wildman–Crippen MR) is 128 cm³/mol. The van der Waals surface area contributed by atoms with Crippen LogP contribution in [0.15, 0.2) is 53.1 Å². The molecule has 1 N–H and O–H groups in total. The minimum Gasteiger partial charge on any atom is -0.485 e. The molecule has 1 aliphatic rings. The minimum atomic E-state index is -0.352. The number of ketones is 1. The van der Waals surface area contributed by atoms with Crippen molar-refractivity contribution in [3.8, 4) is 11.5 Å². The molecule has 35 heavy (non-hydrogen) atoms. The molecule has 0 radical (unpaired) electrons. The van der Waals surface area contributed by atoms with E-state index in [1.807, 2.05) is 13.8 Å². The van der Waals surface area contributed by atoms with E-state index in [0.717, 1.165) is 0 Å².